The largest absolute Gasteiger partial charge is 0.508 e. The maximum absolute atomic E-state index is 12.6. The lowest BCUT2D eigenvalue weighted by molar-refractivity contribution is -0.116. The molecule has 124 valence electrons. The molecule has 1 aliphatic heterocycles. The molecule has 2 aromatic rings. The Balaban J connectivity index is 1.88. The molecular formula is C17H18N4O2S. The number of anilines is 1. The van der Waals surface area contributed by atoms with Gasteiger partial charge in [0.1, 0.15) is 11.8 Å². The van der Waals surface area contributed by atoms with Gasteiger partial charge < -0.3 is 10.4 Å². The summed E-state index contributed by atoms with van der Waals surface area (Å²) < 4.78 is 1.77. The van der Waals surface area contributed by atoms with Gasteiger partial charge in [0.05, 0.1) is 0 Å². The van der Waals surface area contributed by atoms with Crippen LogP contribution in [0.15, 0.2) is 40.7 Å². The fourth-order valence-electron chi connectivity index (χ4n) is 3.33. The summed E-state index contributed by atoms with van der Waals surface area (Å²) in [4.78, 5) is 17.2. The molecule has 0 radical (unpaired) electrons. The maximum atomic E-state index is 12.6. The number of hydrogen-bond acceptors (Lipinski definition) is 6. The molecule has 2 aliphatic rings. The molecule has 1 aromatic heterocycles. The number of Topliss-reactive ketones (excluding diaryl/α,β-unsaturated/α-hetero) is 1. The van der Waals surface area contributed by atoms with Crippen LogP contribution >= 0.6 is 11.8 Å². The molecule has 4 rings (SSSR count). The van der Waals surface area contributed by atoms with Crippen molar-refractivity contribution in [2.75, 3.05) is 11.1 Å². The number of benzene rings is 1. The van der Waals surface area contributed by atoms with Gasteiger partial charge in [-0.15, -0.1) is 5.10 Å². The highest BCUT2D eigenvalue weighted by Crippen LogP contribution is 2.40. The van der Waals surface area contributed by atoms with Crippen molar-refractivity contribution in [1.82, 2.24) is 14.8 Å². The normalized spacial score (nSPS) is 19.7. The van der Waals surface area contributed by atoms with Gasteiger partial charge in [-0.2, -0.15) is 4.98 Å². The van der Waals surface area contributed by atoms with Crippen molar-refractivity contribution >= 4 is 23.5 Å². The van der Waals surface area contributed by atoms with Crippen LogP contribution in [0, 0.1) is 0 Å². The third kappa shape index (κ3) is 2.49. The second-order valence-corrected chi connectivity index (χ2v) is 7.12. The first-order valence-corrected chi connectivity index (χ1v) is 9.07. The molecule has 0 unspecified atom stereocenters. The van der Waals surface area contributed by atoms with Crippen molar-refractivity contribution in [3.63, 3.8) is 0 Å². The summed E-state index contributed by atoms with van der Waals surface area (Å²) in [7, 11) is 0. The van der Waals surface area contributed by atoms with Crippen LogP contribution in [0.25, 0.3) is 0 Å². The van der Waals surface area contributed by atoms with Gasteiger partial charge in [0.25, 0.3) is 0 Å². The fourth-order valence-corrected chi connectivity index (χ4v) is 3.88. The Morgan fingerprint density at radius 3 is 3.08 bits per heavy atom. The van der Waals surface area contributed by atoms with Crippen LogP contribution in [0.5, 0.6) is 5.75 Å². The third-order valence-electron chi connectivity index (χ3n) is 4.31. The average Bonchev–Trinajstić information content (AvgIpc) is 2.95. The Hall–Kier alpha value is -2.28. The number of carbonyl (C=O) groups is 1. The molecule has 1 aliphatic carbocycles. The van der Waals surface area contributed by atoms with Gasteiger partial charge in [0.15, 0.2) is 5.78 Å². The SMILES string of the molecule is CCSc1nc2n(n1)[C@@H](c1cccc(O)c1)C1=C(CCCC1=O)N2. The number of rotatable bonds is 3. The fraction of sp³-hybridized carbons (Fsp3) is 0.353. The lowest BCUT2D eigenvalue weighted by atomic mass is 9.85. The van der Waals surface area contributed by atoms with Gasteiger partial charge in [-0.1, -0.05) is 30.8 Å². The Labute approximate surface area is 144 Å². The highest BCUT2D eigenvalue weighted by Gasteiger charge is 2.36. The van der Waals surface area contributed by atoms with Crippen LogP contribution in [0.3, 0.4) is 0 Å². The number of aromatic nitrogens is 3. The number of aromatic hydroxyl groups is 1. The van der Waals surface area contributed by atoms with Crippen molar-refractivity contribution in [2.45, 2.75) is 37.4 Å². The van der Waals surface area contributed by atoms with E-state index >= 15 is 0 Å². The third-order valence-corrected chi connectivity index (χ3v) is 5.03. The molecule has 0 amide bonds. The number of nitrogens with zero attached hydrogens (tertiary/aromatic N) is 3. The van der Waals surface area contributed by atoms with Crippen molar-refractivity contribution in [2.24, 2.45) is 0 Å². The zero-order valence-electron chi connectivity index (χ0n) is 13.3. The van der Waals surface area contributed by atoms with Gasteiger partial charge in [-0.25, -0.2) is 4.68 Å². The summed E-state index contributed by atoms with van der Waals surface area (Å²) >= 11 is 1.57. The Bertz CT molecular complexity index is 843. The molecule has 7 heteroatoms. The smallest absolute Gasteiger partial charge is 0.227 e. The molecule has 0 bridgehead atoms. The van der Waals surface area contributed by atoms with Gasteiger partial charge in [-0.3, -0.25) is 4.79 Å². The molecule has 0 saturated heterocycles. The van der Waals surface area contributed by atoms with Crippen LogP contribution in [0.1, 0.15) is 37.8 Å². The van der Waals surface area contributed by atoms with Crippen LogP contribution < -0.4 is 5.32 Å². The number of phenolic OH excluding ortho intramolecular Hbond substituents is 1. The second kappa shape index (κ2) is 5.98. The van der Waals surface area contributed by atoms with Crippen molar-refractivity contribution < 1.29 is 9.90 Å². The van der Waals surface area contributed by atoms with Gasteiger partial charge in [0.2, 0.25) is 11.1 Å². The molecule has 6 nitrogen and oxygen atoms in total. The van der Waals surface area contributed by atoms with Crippen molar-refractivity contribution in [3.8, 4) is 5.75 Å². The summed E-state index contributed by atoms with van der Waals surface area (Å²) in [6, 6.07) is 6.69. The van der Waals surface area contributed by atoms with E-state index in [1.807, 2.05) is 6.07 Å². The topological polar surface area (TPSA) is 80.0 Å². The molecule has 0 fully saturated rings. The summed E-state index contributed by atoms with van der Waals surface area (Å²) in [5, 5.41) is 18.5. The van der Waals surface area contributed by atoms with E-state index in [0.717, 1.165) is 35.4 Å². The minimum atomic E-state index is -0.338. The zero-order chi connectivity index (χ0) is 16.7. The number of phenols is 1. The van der Waals surface area contributed by atoms with Crippen LogP contribution in [0.2, 0.25) is 0 Å². The number of thioether (sulfide) groups is 1. The highest BCUT2D eigenvalue weighted by atomic mass is 32.2. The quantitative estimate of drug-likeness (QED) is 0.834. The van der Waals surface area contributed by atoms with Crippen molar-refractivity contribution in [3.05, 3.63) is 41.1 Å². The van der Waals surface area contributed by atoms with Gasteiger partial charge in [-0.05, 0) is 36.3 Å². The molecule has 24 heavy (non-hydrogen) atoms. The molecule has 0 spiro atoms. The second-order valence-electron chi connectivity index (χ2n) is 5.89. The Morgan fingerprint density at radius 2 is 2.29 bits per heavy atom. The lowest BCUT2D eigenvalue weighted by Gasteiger charge is -2.32. The number of nitrogens with one attached hydrogen (secondary N) is 1. The average molecular weight is 342 g/mol. The van der Waals surface area contributed by atoms with E-state index in [-0.39, 0.29) is 17.6 Å². The van der Waals surface area contributed by atoms with Crippen LogP contribution in [0.4, 0.5) is 5.95 Å². The number of allylic oxidation sites excluding steroid dienone is 2. The zero-order valence-corrected chi connectivity index (χ0v) is 14.1. The van der Waals surface area contributed by atoms with Gasteiger partial charge in [0, 0.05) is 17.7 Å². The monoisotopic (exact) mass is 342 g/mol. The standard InChI is InChI=1S/C17H18N4O2S/c1-2-24-17-19-16-18-12-7-4-8-13(23)14(12)15(21(16)20-17)10-5-3-6-11(22)9-10/h3,5-6,9,15,22H,2,4,7-8H2,1H3,(H,18,19,20)/t15-/m0/s1. The summed E-state index contributed by atoms with van der Waals surface area (Å²) in [6.45, 7) is 2.05. The lowest BCUT2D eigenvalue weighted by Crippen LogP contribution is -2.31. The van der Waals surface area contributed by atoms with E-state index in [0.29, 0.717) is 17.5 Å². The summed E-state index contributed by atoms with van der Waals surface area (Å²) in [6.07, 6.45) is 2.23. The molecular weight excluding hydrogens is 324 g/mol. The van der Waals surface area contributed by atoms with E-state index in [9.17, 15) is 9.90 Å². The van der Waals surface area contributed by atoms with E-state index in [1.165, 1.54) is 0 Å². The molecule has 2 heterocycles. The minimum Gasteiger partial charge on any atom is -0.508 e. The first-order chi connectivity index (χ1) is 11.7. The molecule has 1 aromatic carbocycles. The van der Waals surface area contributed by atoms with Gasteiger partial charge >= 0.3 is 0 Å². The Kier molecular flexibility index (Phi) is 3.80. The number of carbonyl (C=O) groups excluding carboxylic acids is 1. The number of ketones is 1. The first kappa shape index (κ1) is 15.3. The maximum Gasteiger partial charge on any atom is 0.227 e. The summed E-state index contributed by atoms with van der Waals surface area (Å²) in [5.74, 6) is 1.86. The predicted octanol–water partition coefficient (Wildman–Crippen LogP) is 3.12. The minimum absolute atomic E-state index is 0.142. The predicted molar refractivity (Wildman–Crippen MR) is 92.2 cm³/mol. The molecule has 2 N–H and O–H groups in total. The molecule has 0 saturated carbocycles. The summed E-state index contributed by atoms with van der Waals surface area (Å²) in [5.41, 5.74) is 2.53. The number of fused-ring (bicyclic) bond motifs is 1. The van der Waals surface area contributed by atoms with Crippen LogP contribution in [-0.2, 0) is 4.79 Å². The van der Waals surface area contributed by atoms with Crippen LogP contribution in [-0.4, -0.2) is 31.4 Å². The van der Waals surface area contributed by atoms with E-state index in [4.69, 9.17) is 0 Å². The first-order valence-electron chi connectivity index (χ1n) is 8.09. The van der Waals surface area contributed by atoms with E-state index < -0.39 is 0 Å². The number of hydrogen-bond donors (Lipinski definition) is 2. The highest BCUT2D eigenvalue weighted by molar-refractivity contribution is 7.99. The van der Waals surface area contributed by atoms with E-state index in [2.05, 4.69) is 22.3 Å². The molecule has 1 atom stereocenters. The Morgan fingerprint density at radius 1 is 1.42 bits per heavy atom. The van der Waals surface area contributed by atoms with Crippen molar-refractivity contribution in [1.29, 1.82) is 0 Å². The van der Waals surface area contributed by atoms with E-state index in [1.54, 1.807) is 34.6 Å².